The third-order valence-corrected chi connectivity index (χ3v) is 5.55. The number of rotatable bonds is 1. The van der Waals surface area contributed by atoms with E-state index in [1.54, 1.807) is 0 Å². The summed E-state index contributed by atoms with van der Waals surface area (Å²) in [5, 5.41) is 9.30. The van der Waals surface area contributed by atoms with Gasteiger partial charge in [-0.25, -0.2) is 0 Å². The topological polar surface area (TPSA) is 63.3 Å². The van der Waals surface area contributed by atoms with E-state index in [9.17, 15) is 9.90 Å². The van der Waals surface area contributed by atoms with E-state index in [1.807, 2.05) is 0 Å². The molecule has 0 amide bonds. The highest BCUT2D eigenvalue weighted by Crippen LogP contribution is 2.54. The van der Waals surface area contributed by atoms with Crippen LogP contribution >= 0.6 is 0 Å². The van der Waals surface area contributed by atoms with Gasteiger partial charge in [-0.2, -0.15) is 0 Å². The zero-order valence-electron chi connectivity index (χ0n) is 12.1. The van der Waals surface area contributed by atoms with Gasteiger partial charge in [0, 0.05) is 5.41 Å². The number of nitrogens with two attached hydrogens (primary N) is 1. The summed E-state index contributed by atoms with van der Waals surface area (Å²) in [7, 11) is 0. The van der Waals surface area contributed by atoms with Crippen molar-refractivity contribution in [1.82, 2.24) is 0 Å². The van der Waals surface area contributed by atoms with E-state index in [2.05, 4.69) is 38.1 Å². The molecule has 0 atom stereocenters. The molecule has 0 bridgehead atoms. The average Bonchev–Trinajstić information content (AvgIpc) is 2.65. The lowest BCUT2D eigenvalue weighted by Gasteiger charge is -2.42. The number of carbonyl (C=O) groups is 1. The molecule has 1 fully saturated rings. The molecule has 3 nitrogen and oxygen atoms in total. The summed E-state index contributed by atoms with van der Waals surface area (Å²) in [5.74, 6) is -0.864. The summed E-state index contributed by atoms with van der Waals surface area (Å²) < 4.78 is 0. The molecule has 1 saturated carbocycles. The van der Waals surface area contributed by atoms with E-state index in [1.165, 1.54) is 22.3 Å². The maximum absolute atomic E-state index is 11.3. The normalized spacial score (nSPS) is 32.5. The van der Waals surface area contributed by atoms with Crippen molar-refractivity contribution in [2.45, 2.75) is 50.5 Å². The fourth-order valence-electron chi connectivity index (χ4n) is 3.97. The Hall–Kier alpha value is -1.61. The van der Waals surface area contributed by atoms with Crippen LogP contribution in [0.1, 0.15) is 50.7 Å². The van der Waals surface area contributed by atoms with Gasteiger partial charge in [-0.05, 0) is 56.2 Å². The summed E-state index contributed by atoms with van der Waals surface area (Å²) in [5.41, 5.74) is 10.4. The molecule has 0 aliphatic heterocycles. The third-order valence-electron chi connectivity index (χ3n) is 5.55. The van der Waals surface area contributed by atoms with E-state index in [0.717, 1.165) is 12.8 Å². The predicted molar refractivity (Wildman–Crippen MR) is 79.4 cm³/mol. The second-order valence-corrected chi connectivity index (χ2v) is 6.34. The molecule has 3 heteroatoms. The lowest BCUT2D eigenvalue weighted by molar-refractivity contribution is -0.145. The van der Waals surface area contributed by atoms with Gasteiger partial charge in [0.25, 0.3) is 0 Å². The molecule has 1 aromatic rings. The standard InChI is InChI=1S/C17H21NO2/c1-11-12(2)16(14-6-4-3-5-13(11)14)7-9-17(18,10-8-16)15(19)20/h3-6H,7-10,18H2,1-2H3,(H,19,20). The third kappa shape index (κ3) is 1.59. The van der Waals surface area contributed by atoms with Crippen LogP contribution in [0, 0.1) is 0 Å². The number of carboxylic acid groups (broad SMARTS) is 1. The maximum atomic E-state index is 11.3. The smallest absolute Gasteiger partial charge is 0.323 e. The van der Waals surface area contributed by atoms with Crippen LogP contribution in [0.15, 0.2) is 29.8 Å². The second-order valence-electron chi connectivity index (χ2n) is 6.34. The summed E-state index contributed by atoms with van der Waals surface area (Å²) in [4.78, 5) is 11.3. The second kappa shape index (κ2) is 4.19. The van der Waals surface area contributed by atoms with E-state index in [4.69, 9.17) is 5.73 Å². The fraction of sp³-hybridized carbons (Fsp3) is 0.471. The first-order valence-corrected chi connectivity index (χ1v) is 7.21. The number of hydrogen-bond donors (Lipinski definition) is 2. The molecule has 0 heterocycles. The van der Waals surface area contributed by atoms with Crippen molar-refractivity contribution in [2.75, 3.05) is 0 Å². The Labute approximate surface area is 119 Å². The lowest BCUT2D eigenvalue weighted by atomic mass is 9.63. The Kier molecular flexibility index (Phi) is 2.80. The number of allylic oxidation sites excluding steroid dienone is 2. The first-order chi connectivity index (χ1) is 9.41. The van der Waals surface area contributed by atoms with Gasteiger partial charge in [0.2, 0.25) is 0 Å². The molecule has 2 aliphatic carbocycles. The van der Waals surface area contributed by atoms with Crippen molar-refractivity contribution in [1.29, 1.82) is 0 Å². The molecular weight excluding hydrogens is 250 g/mol. The first kappa shape index (κ1) is 13.4. The summed E-state index contributed by atoms with van der Waals surface area (Å²) in [6.07, 6.45) is 2.74. The van der Waals surface area contributed by atoms with Gasteiger partial charge in [-0.1, -0.05) is 29.8 Å². The molecule has 0 aromatic heterocycles. The van der Waals surface area contributed by atoms with Gasteiger partial charge in [0.05, 0.1) is 0 Å². The van der Waals surface area contributed by atoms with Gasteiger partial charge in [0.15, 0.2) is 0 Å². The number of carboxylic acids is 1. The van der Waals surface area contributed by atoms with Crippen LogP contribution in [-0.2, 0) is 10.2 Å². The van der Waals surface area contributed by atoms with E-state index < -0.39 is 11.5 Å². The van der Waals surface area contributed by atoms with Crippen LogP contribution in [0.5, 0.6) is 0 Å². The molecule has 3 rings (SSSR count). The Morgan fingerprint density at radius 2 is 1.75 bits per heavy atom. The summed E-state index contributed by atoms with van der Waals surface area (Å²) in [6, 6.07) is 8.51. The number of benzene rings is 1. The first-order valence-electron chi connectivity index (χ1n) is 7.21. The van der Waals surface area contributed by atoms with Crippen LogP contribution < -0.4 is 5.73 Å². The molecule has 2 aliphatic rings. The number of hydrogen-bond acceptors (Lipinski definition) is 2. The zero-order chi connectivity index (χ0) is 14.5. The van der Waals surface area contributed by atoms with Crippen LogP contribution in [0.4, 0.5) is 0 Å². The van der Waals surface area contributed by atoms with Gasteiger partial charge in [-0.15, -0.1) is 0 Å². The highest BCUT2D eigenvalue weighted by molar-refractivity contribution is 5.81. The minimum Gasteiger partial charge on any atom is -0.480 e. The van der Waals surface area contributed by atoms with Gasteiger partial charge in [0.1, 0.15) is 5.54 Å². The van der Waals surface area contributed by atoms with Crippen molar-refractivity contribution in [3.05, 3.63) is 41.0 Å². The van der Waals surface area contributed by atoms with Crippen molar-refractivity contribution in [2.24, 2.45) is 5.73 Å². The highest BCUT2D eigenvalue weighted by atomic mass is 16.4. The SMILES string of the molecule is CC1=C(C)C2(CCC(N)(C(=O)O)CC2)c2ccccc21. The molecule has 106 valence electrons. The van der Waals surface area contributed by atoms with E-state index in [0.29, 0.717) is 12.8 Å². The van der Waals surface area contributed by atoms with Crippen LogP contribution in [0.3, 0.4) is 0 Å². The quantitative estimate of drug-likeness (QED) is 0.825. The molecule has 0 unspecified atom stereocenters. The molecule has 20 heavy (non-hydrogen) atoms. The van der Waals surface area contributed by atoms with Crippen LogP contribution in [-0.4, -0.2) is 16.6 Å². The van der Waals surface area contributed by atoms with E-state index >= 15 is 0 Å². The Morgan fingerprint density at radius 3 is 2.35 bits per heavy atom. The Balaban J connectivity index is 2.02. The fourth-order valence-corrected chi connectivity index (χ4v) is 3.97. The Morgan fingerprint density at radius 1 is 1.15 bits per heavy atom. The van der Waals surface area contributed by atoms with E-state index in [-0.39, 0.29) is 5.41 Å². The minimum atomic E-state index is -1.04. The molecule has 0 radical (unpaired) electrons. The molecule has 1 aromatic carbocycles. The molecular formula is C17H21NO2. The van der Waals surface area contributed by atoms with Crippen molar-refractivity contribution < 1.29 is 9.90 Å². The highest BCUT2D eigenvalue weighted by Gasteiger charge is 2.49. The maximum Gasteiger partial charge on any atom is 0.323 e. The van der Waals surface area contributed by atoms with Crippen molar-refractivity contribution >= 4 is 11.5 Å². The lowest BCUT2D eigenvalue weighted by Crippen LogP contribution is -2.53. The van der Waals surface area contributed by atoms with Gasteiger partial charge >= 0.3 is 5.97 Å². The zero-order valence-corrected chi connectivity index (χ0v) is 12.1. The molecule has 3 N–H and O–H groups in total. The van der Waals surface area contributed by atoms with Crippen molar-refractivity contribution in [3.63, 3.8) is 0 Å². The Bertz CT molecular complexity index is 607. The minimum absolute atomic E-state index is 0.0129. The average molecular weight is 271 g/mol. The largest absolute Gasteiger partial charge is 0.480 e. The molecule has 0 saturated heterocycles. The van der Waals surface area contributed by atoms with Crippen LogP contribution in [0.25, 0.3) is 5.57 Å². The predicted octanol–water partition coefficient (Wildman–Crippen LogP) is 3.09. The number of fused-ring (bicyclic) bond motifs is 2. The van der Waals surface area contributed by atoms with Crippen molar-refractivity contribution in [3.8, 4) is 0 Å². The monoisotopic (exact) mass is 271 g/mol. The van der Waals surface area contributed by atoms with Gasteiger partial charge in [-0.3, -0.25) is 4.79 Å². The summed E-state index contributed by atoms with van der Waals surface area (Å²) >= 11 is 0. The van der Waals surface area contributed by atoms with Crippen LogP contribution in [0.2, 0.25) is 0 Å². The van der Waals surface area contributed by atoms with Gasteiger partial charge < -0.3 is 10.8 Å². The summed E-state index contributed by atoms with van der Waals surface area (Å²) in [6.45, 7) is 4.37. The molecule has 1 spiro atoms. The number of aliphatic carboxylic acids is 1.